The van der Waals surface area contributed by atoms with Gasteiger partial charge in [0.1, 0.15) is 0 Å². The van der Waals surface area contributed by atoms with Gasteiger partial charge in [0.25, 0.3) is 0 Å². The maximum atomic E-state index is 10.4. The molecule has 11 heavy (non-hydrogen) atoms. The summed E-state index contributed by atoms with van der Waals surface area (Å²) in [4.78, 5) is 11.3. The molecule has 0 atom stereocenters. The highest BCUT2D eigenvalue weighted by Crippen LogP contribution is 2.17. The molecule has 1 aromatic rings. The first-order valence-electron chi connectivity index (χ1n) is 3.10. The number of hydrogen-bond donors (Lipinski definition) is 0. The predicted octanol–water partition coefficient (Wildman–Crippen LogP) is 2.06. The monoisotopic (exact) mass is 167 g/mol. The van der Waals surface area contributed by atoms with E-state index in [1.165, 1.54) is 6.92 Å². The maximum absolute atomic E-state index is 10.4. The van der Waals surface area contributed by atoms with E-state index in [0.29, 0.717) is 0 Å². The summed E-state index contributed by atoms with van der Waals surface area (Å²) in [5.74, 6) is -0.289. The molecule has 0 spiro atoms. The van der Waals surface area contributed by atoms with E-state index in [4.69, 9.17) is 4.18 Å². The Balaban J connectivity index is 2.45. The van der Waals surface area contributed by atoms with Gasteiger partial charge < -0.3 is 4.18 Å². The molecule has 0 aliphatic rings. The average molecular weight is 167 g/mol. The summed E-state index contributed by atoms with van der Waals surface area (Å²) in [6, 6.07) is 10.1. The van der Waals surface area contributed by atoms with Crippen LogP contribution >= 0.6 is 12.0 Å². The van der Waals surface area contributed by atoms with Crippen molar-refractivity contribution in [2.45, 2.75) is 11.8 Å². The van der Waals surface area contributed by atoms with E-state index in [1.54, 1.807) is 12.1 Å². The summed E-state index contributed by atoms with van der Waals surface area (Å²) in [5, 5.41) is 0. The molecule has 0 amide bonds. The largest absolute Gasteiger partial charge is 0.386 e. The van der Waals surface area contributed by atoms with Gasteiger partial charge in [-0.15, -0.1) is 0 Å². The molecule has 1 rings (SSSR count). The smallest absolute Gasteiger partial charge is 0.315 e. The highest BCUT2D eigenvalue weighted by Gasteiger charge is 1.95. The van der Waals surface area contributed by atoms with Crippen molar-refractivity contribution in [2.75, 3.05) is 0 Å². The Hall–Kier alpha value is -0.960. The number of hydrogen-bond acceptors (Lipinski definition) is 3. The lowest BCUT2D eigenvalue weighted by atomic mass is 10.4. The highest BCUT2D eigenvalue weighted by molar-refractivity contribution is 7.95. The Bertz CT molecular complexity index is 233. The Labute approximate surface area is 69.8 Å². The molecule has 0 heterocycles. The molecule has 0 fully saturated rings. The van der Waals surface area contributed by atoms with Gasteiger partial charge >= 0.3 is 5.97 Å². The Morgan fingerprint density at radius 3 is 2.73 bits per heavy atom. The van der Waals surface area contributed by atoms with Gasteiger partial charge in [-0.3, -0.25) is 4.79 Å². The molecule has 57 valence electrons. The molecule has 0 saturated carbocycles. The number of benzene rings is 1. The summed E-state index contributed by atoms with van der Waals surface area (Å²) < 4.78 is 4.69. The maximum Gasteiger partial charge on any atom is 0.315 e. The Kier molecular flexibility index (Phi) is 2.98. The minimum absolute atomic E-state index is 0.289. The first-order chi connectivity index (χ1) is 5.29. The van der Waals surface area contributed by atoms with E-state index < -0.39 is 0 Å². The molecular formula is C8H7O2S. The lowest BCUT2D eigenvalue weighted by Crippen LogP contribution is -1.88. The van der Waals surface area contributed by atoms with Gasteiger partial charge in [-0.2, -0.15) is 0 Å². The van der Waals surface area contributed by atoms with Crippen molar-refractivity contribution in [1.29, 1.82) is 0 Å². The van der Waals surface area contributed by atoms with Crippen LogP contribution in [0.2, 0.25) is 0 Å². The normalized spacial score (nSPS) is 9.18. The Morgan fingerprint density at radius 1 is 1.55 bits per heavy atom. The van der Waals surface area contributed by atoms with E-state index in [0.717, 1.165) is 16.9 Å². The van der Waals surface area contributed by atoms with Crippen molar-refractivity contribution in [3.05, 3.63) is 30.3 Å². The summed E-state index contributed by atoms with van der Waals surface area (Å²) in [5.41, 5.74) is 0. The van der Waals surface area contributed by atoms with Gasteiger partial charge in [-0.1, -0.05) is 12.1 Å². The van der Waals surface area contributed by atoms with Gasteiger partial charge in [-0.25, -0.2) is 0 Å². The number of rotatable bonds is 2. The van der Waals surface area contributed by atoms with Crippen molar-refractivity contribution in [3.63, 3.8) is 0 Å². The van der Waals surface area contributed by atoms with Crippen molar-refractivity contribution in [2.24, 2.45) is 0 Å². The van der Waals surface area contributed by atoms with Gasteiger partial charge in [-0.05, 0) is 18.2 Å². The molecule has 0 saturated heterocycles. The predicted molar refractivity (Wildman–Crippen MR) is 42.9 cm³/mol. The SMILES string of the molecule is CC(=O)OSc1cc[c]cc1. The second-order valence-corrected chi connectivity index (χ2v) is 2.70. The molecule has 0 unspecified atom stereocenters. The quantitative estimate of drug-likeness (QED) is 0.630. The van der Waals surface area contributed by atoms with Crippen molar-refractivity contribution < 1.29 is 8.98 Å². The third-order valence-corrected chi connectivity index (χ3v) is 1.73. The zero-order valence-corrected chi connectivity index (χ0v) is 6.85. The molecule has 2 nitrogen and oxygen atoms in total. The second-order valence-electron chi connectivity index (χ2n) is 1.89. The average Bonchev–Trinajstić information content (AvgIpc) is 2.03. The highest BCUT2D eigenvalue weighted by atomic mass is 32.2. The minimum atomic E-state index is -0.289. The Morgan fingerprint density at radius 2 is 2.18 bits per heavy atom. The summed E-state index contributed by atoms with van der Waals surface area (Å²) in [6.07, 6.45) is 0. The minimum Gasteiger partial charge on any atom is -0.386 e. The summed E-state index contributed by atoms with van der Waals surface area (Å²) in [6.45, 7) is 1.38. The third kappa shape index (κ3) is 3.09. The van der Waals surface area contributed by atoms with Crippen LogP contribution in [0.5, 0.6) is 0 Å². The number of carbonyl (C=O) groups is 1. The van der Waals surface area contributed by atoms with Crippen molar-refractivity contribution in [3.8, 4) is 0 Å². The summed E-state index contributed by atoms with van der Waals surface area (Å²) >= 11 is 1.06. The molecule has 0 aromatic heterocycles. The van der Waals surface area contributed by atoms with E-state index in [-0.39, 0.29) is 5.97 Å². The third-order valence-electron chi connectivity index (χ3n) is 0.943. The van der Waals surface area contributed by atoms with Crippen LogP contribution in [0.15, 0.2) is 29.2 Å². The molecule has 0 aliphatic carbocycles. The first-order valence-corrected chi connectivity index (χ1v) is 3.84. The van der Waals surface area contributed by atoms with Crippen LogP contribution in [0.25, 0.3) is 0 Å². The van der Waals surface area contributed by atoms with Crippen molar-refractivity contribution >= 4 is 18.0 Å². The molecule has 1 radical (unpaired) electrons. The van der Waals surface area contributed by atoms with Crippen LogP contribution in [0.4, 0.5) is 0 Å². The van der Waals surface area contributed by atoms with Gasteiger partial charge in [0.05, 0.1) is 12.0 Å². The fraction of sp³-hybridized carbons (Fsp3) is 0.125. The van der Waals surface area contributed by atoms with Gasteiger partial charge in [0, 0.05) is 11.8 Å². The second kappa shape index (κ2) is 4.03. The standard InChI is InChI=1S/C8H7O2S/c1-7(9)10-11-8-5-3-2-4-6-8/h3-6H,1H3. The van der Waals surface area contributed by atoms with Crippen molar-refractivity contribution in [1.82, 2.24) is 0 Å². The molecule has 0 aliphatic heterocycles. The van der Waals surface area contributed by atoms with Crippen LogP contribution in [0.1, 0.15) is 6.92 Å². The van der Waals surface area contributed by atoms with E-state index in [2.05, 4.69) is 6.07 Å². The zero-order valence-electron chi connectivity index (χ0n) is 6.03. The van der Waals surface area contributed by atoms with Crippen LogP contribution < -0.4 is 0 Å². The lowest BCUT2D eigenvalue weighted by molar-refractivity contribution is -0.130. The molecule has 0 bridgehead atoms. The van der Waals surface area contributed by atoms with Crippen LogP contribution in [0, 0.1) is 6.07 Å². The number of carbonyl (C=O) groups excluding carboxylic acids is 1. The van der Waals surface area contributed by atoms with E-state index in [1.807, 2.05) is 12.1 Å². The molecule has 1 aromatic carbocycles. The molecule has 3 heteroatoms. The topological polar surface area (TPSA) is 26.3 Å². The lowest BCUT2D eigenvalue weighted by Gasteiger charge is -1.96. The molecule has 0 N–H and O–H groups in total. The van der Waals surface area contributed by atoms with Crippen LogP contribution in [0.3, 0.4) is 0 Å². The zero-order chi connectivity index (χ0) is 8.10. The molecular weight excluding hydrogens is 160 g/mol. The van der Waals surface area contributed by atoms with Crippen LogP contribution in [-0.4, -0.2) is 5.97 Å². The fourth-order valence-electron chi connectivity index (χ4n) is 0.534. The van der Waals surface area contributed by atoms with Crippen LogP contribution in [-0.2, 0) is 8.98 Å². The van der Waals surface area contributed by atoms with Gasteiger partial charge in [0.15, 0.2) is 0 Å². The van der Waals surface area contributed by atoms with E-state index >= 15 is 0 Å². The fourth-order valence-corrected chi connectivity index (χ4v) is 0.995. The summed E-state index contributed by atoms with van der Waals surface area (Å²) in [7, 11) is 0. The van der Waals surface area contributed by atoms with E-state index in [9.17, 15) is 4.79 Å². The van der Waals surface area contributed by atoms with Gasteiger partial charge in [0.2, 0.25) is 0 Å². The first kappa shape index (κ1) is 8.14.